The smallest absolute Gasteiger partial charge is 0.204 e. The molecule has 0 aliphatic rings. The van der Waals surface area contributed by atoms with Gasteiger partial charge < -0.3 is 9.47 Å². The van der Waals surface area contributed by atoms with Crippen molar-refractivity contribution in [3.05, 3.63) is 52.0 Å². The van der Waals surface area contributed by atoms with Crippen LogP contribution in [0.1, 0.15) is 25.0 Å². The van der Waals surface area contributed by atoms with E-state index in [4.69, 9.17) is 9.47 Å². The molecule has 0 amide bonds. The number of benzene rings is 2. The fraction of sp³-hybridized carbons (Fsp3) is 0.316. The zero-order valence-electron chi connectivity index (χ0n) is 15.1. The maximum absolute atomic E-state index is 5.70. The lowest BCUT2D eigenvalue weighted by Gasteiger charge is -2.13. The SMILES string of the molecule is CCOc1cc(Br)c(Cn2nnc(-c3ccc(C)cc3)n2)cc1OCC. The van der Waals surface area contributed by atoms with Crippen molar-refractivity contribution >= 4 is 15.9 Å². The first-order chi connectivity index (χ1) is 12.6. The van der Waals surface area contributed by atoms with Gasteiger partial charge in [-0.05, 0) is 43.7 Å². The van der Waals surface area contributed by atoms with Gasteiger partial charge in [0.05, 0.1) is 19.8 Å². The van der Waals surface area contributed by atoms with Crippen molar-refractivity contribution in [2.75, 3.05) is 13.2 Å². The third kappa shape index (κ3) is 4.22. The van der Waals surface area contributed by atoms with Gasteiger partial charge >= 0.3 is 0 Å². The van der Waals surface area contributed by atoms with Crippen molar-refractivity contribution in [2.45, 2.75) is 27.3 Å². The Kier molecular flexibility index (Phi) is 5.88. The molecule has 2 aromatic carbocycles. The summed E-state index contributed by atoms with van der Waals surface area (Å²) in [4.78, 5) is 1.57. The van der Waals surface area contributed by atoms with Gasteiger partial charge in [0.15, 0.2) is 11.5 Å². The highest BCUT2D eigenvalue weighted by Crippen LogP contribution is 2.34. The van der Waals surface area contributed by atoms with Gasteiger partial charge in [0.2, 0.25) is 5.82 Å². The molecule has 3 rings (SSSR count). The summed E-state index contributed by atoms with van der Waals surface area (Å²) in [6, 6.07) is 11.9. The zero-order chi connectivity index (χ0) is 18.5. The second-order valence-corrected chi connectivity index (χ2v) is 6.62. The summed E-state index contributed by atoms with van der Waals surface area (Å²) in [6.45, 7) is 7.57. The largest absolute Gasteiger partial charge is 0.490 e. The number of hydrogen-bond donors (Lipinski definition) is 0. The lowest BCUT2D eigenvalue weighted by molar-refractivity contribution is 0.287. The van der Waals surface area contributed by atoms with Gasteiger partial charge in [0.25, 0.3) is 0 Å². The molecule has 1 heterocycles. The number of rotatable bonds is 7. The van der Waals surface area contributed by atoms with Gasteiger partial charge in [-0.3, -0.25) is 0 Å². The number of halogens is 1. The van der Waals surface area contributed by atoms with Gasteiger partial charge in [-0.15, -0.1) is 10.2 Å². The summed E-state index contributed by atoms with van der Waals surface area (Å²) in [7, 11) is 0. The Morgan fingerprint density at radius 3 is 2.31 bits per heavy atom. The molecule has 0 aliphatic heterocycles. The normalized spacial score (nSPS) is 10.8. The fourth-order valence-electron chi connectivity index (χ4n) is 2.52. The molecule has 0 bridgehead atoms. The van der Waals surface area contributed by atoms with Crippen molar-refractivity contribution in [1.82, 2.24) is 20.2 Å². The minimum Gasteiger partial charge on any atom is -0.490 e. The van der Waals surface area contributed by atoms with E-state index in [2.05, 4.69) is 31.3 Å². The van der Waals surface area contributed by atoms with Crippen LogP contribution in [0.25, 0.3) is 11.4 Å². The minimum atomic E-state index is 0.478. The Morgan fingerprint density at radius 2 is 1.65 bits per heavy atom. The van der Waals surface area contributed by atoms with Gasteiger partial charge in [0.1, 0.15) is 0 Å². The standard InChI is InChI=1S/C19H21BrN4O2/c1-4-25-17-10-15(16(20)11-18(17)26-5-2)12-24-22-19(21-23-24)14-8-6-13(3)7-9-14/h6-11H,4-5,12H2,1-3H3. The Labute approximate surface area is 161 Å². The van der Waals surface area contributed by atoms with Crippen molar-refractivity contribution < 1.29 is 9.47 Å². The van der Waals surface area contributed by atoms with E-state index in [9.17, 15) is 0 Å². The van der Waals surface area contributed by atoms with Crippen LogP contribution in [0.3, 0.4) is 0 Å². The van der Waals surface area contributed by atoms with Crippen LogP contribution in [-0.2, 0) is 6.54 Å². The molecule has 0 atom stereocenters. The molecule has 3 aromatic rings. The maximum Gasteiger partial charge on any atom is 0.204 e. The molecule has 0 aliphatic carbocycles. The predicted octanol–water partition coefficient (Wildman–Crippen LogP) is 4.26. The monoisotopic (exact) mass is 416 g/mol. The van der Waals surface area contributed by atoms with Crippen LogP contribution in [-0.4, -0.2) is 33.4 Å². The van der Waals surface area contributed by atoms with Gasteiger partial charge in [-0.2, -0.15) is 4.80 Å². The number of aromatic nitrogens is 4. The van der Waals surface area contributed by atoms with Crippen LogP contribution in [0.5, 0.6) is 11.5 Å². The third-order valence-corrected chi connectivity index (χ3v) is 4.53. The summed E-state index contributed by atoms with van der Waals surface area (Å²) in [5, 5.41) is 12.8. The number of aryl methyl sites for hydroxylation is 1. The van der Waals surface area contributed by atoms with Crippen molar-refractivity contribution in [2.24, 2.45) is 0 Å². The Morgan fingerprint density at radius 1 is 1.00 bits per heavy atom. The Hall–Kier alpha value is -2.41. The van der Waals surface area contributed by atoms with Crippen LogP contribution >= 0.6 is 15.9 Å². The number of nitrogens with zero attached hydrogens (tertiary/aromatic N) is 4. The second-order valence-electron chi connectivity index (χ2n) is 5.77. The summed E-state index contributed by atoms with van der Waals surface area (Å²) in [6.07, 6.45) is 0. The molecule has 0 unspecified atom stereocenters. The van der Waals surface area contributed by atoms with Crippen LogP contribution in [0.15, 0.2) is 40.9 Å². The van der Waals surface area contributed by atoms with E-state index in [1.54, 1.807) is 4.80 Å². The van der Waals surface area contributed by atoms with Crippen molar-refractivity contribution in [3.8, 4) is 22.9 Å². The van der Waals surface area contributed by atoms with Crippen LogP contribution in [0.2, 0.25) is 0 Å². The van der Waals surface area contributed by atoms with E-state index in [-0.39, 0.29) is 0 Å². The summed E-state index contributed by atoms with van der Waals surface area (Å²) >= 11 is 3.59. The quantitative estimate of drug-likeness (QED) is 0.575. The molecular formula is C19H21BrN4O2. The van der Waals surface area contributed by atoms with Gasteiger partial charge in [-0.25, -0.2) is 0 Å². The molecule has 7 heteroatoms. The highest BCUT2D eigenvalue weighted by Gasteiger charge is 2.13. The molecule has 0 N–H and O–H groups in total. The number of ether oxygens (including phenoxy) is 2. The molecule has 0 spiro atoms. The summed E-state index contributed by atoms with van der Waals surface area (Å²) in [5.74, 6) is 2.04. The Balaban J connectivity index is 1.84. The topological polar surface area (TPSA) is 62.1 Å². The molecular weight excluding hydrogens is 396 g/mol. The maximum atomic E-state index is 5.70. The lowest BCUT2D eigenvalue weighted by Crippen LogP contribution is -2.06. The van der Waals surface area contributed by atoms with E-state index < -0.39 is 0 Å². The first-order valence-electron chi connectivity index (χ1n) is 8.53. The zero-order valence-corrected chi connectivity index (χ0v) is 16.7. The first-order valence-corrected chi connectivity index (χ1v) is 9.32. The minimum absolute atomic E-state index is 0.478. The van der Waals surface area contributed by atoms with E-state index in [0.717, 1.165) is 21.3 Å². The lowest BCUT2D eigenvalue weighted by atomic mass is 10.1. The highest BCUT2D eigenvalue weighted by molar-refractivity contribution is 9.10. The second kappa shape index (κ2) is 8.31. The molecule has 0 saturated heterocycles. The average molecular weight is 417 g/mol. The molecule has 136 valence electrons. The predicted molar refractivity (Wildman–Crippen MR) is 104 cm³/mol. The molecule has 1 aromatic heterocycles. The van der Waals surface area contributed by atoms with Crippen LogP contribution in [0.4, 0.5) is 0 Å². The van der Waals surface area contributed by atoms with Crippen LogP contribution in [0, 0.1) is 6.92 Å². The third-order valence-electron chi connectivity index (χ3n) is 3.79. The van der Waals surface area contributed by atoms with Crippen LogP contribution < -0.4 is 9.47 Å². The molecule has 6 nitrogen and oxygen atoms in total. The summed E-state index contributed by atoms with van der Waals surface area (Å²) < 4.78 is 12.3. The molecule has 26 heavy (non-hydrogen) atoms. The van der Waals surface area contributed by atoms with E-state index in [0.29, 0.717) is 31.3 Å². The van der Waals surface area contributed by atoms with Gasteiger partial charge in [0, 0.05) is 10.0 Å². The fourth-order valence-corrected chi connectivity index (χ4v) is 2.96. The molecule has 0 fully saturated rings. The molecule has 0 saturated carbocycles. The average Bonchev–Trinajstić information content (AvgIpc) is 3.08. The summed E-state index contributed by atoms with van der Waals surface area (Å²) in [5.41, 5.74) is 3.13. The first kappa shape index (κ1) is 18.4. The van der Waals surface area contributed by atoms with Gasteiger partial charge in [-0.1, -0.05) is 45.8 Å². The van der Waals surface area contributed by atoms with E-state index >= 15 is 0 Å². The van der Waals surface area contributed by atoms with E-state index in [1.807, 2.05) is 57.2 Å². The molecule has 0 radical (unpaired) electrons. The van der Waals surface area contributed by atoms with Crippen molar-refractivity contribution in [3.63, 3.8) is 0 Å². The van der Waals surface area contributed by atoms with E-state index in [1.165, 1.54) is 5.56 Å². The highest BCUT2D eigenvalue weighted by atomic mass is 79.9. The Bertz CT molecular complexity index is 878. The number of hydrogen-bond acceptors (Lipinski definition) is 5. The number of tetrazole rings is 1. The van der Waals surface area contributed by atoms with Crippen molar-refractivity contribution in [1.29, 1.82) is 0 Å².